The number of halogens is 7. The Morgan fingerprint density at radius 1 is 1.12 bits per heavy atom. The molecule has 0 atom stereocenters. The predicted octanol–water partition coefficient (Wildman–Crippen LogP) is 4.96. The monoisotopic (exact) mass is 293 g/mol. The molecule has 16 heavy (non-hydrogen) atoms. The van der Waals surface area contributed by atoms with Crippen molar-refractivity contribution in [3.63, 3.8) is 0 Å². The van der Waals surface area contributed by atoms with E-state index in [0.717, 1.165) is 12.1 Å². The first kappa shape index (κ1) is 13.5. The molecule has 0 aliphatic heterocycles. The highest BCUT2D eigenvalue weighted by molar-refractivity contribution is 6.67. The van der Waals surface area contributed by atoms with E-state index in [0.29, 0.717) is 0 Å². The maximum Gasteiger partial charge on any atom is 0.444 e. The van der Waals surface area contributed by atoms with Crippen molar-refractivity contribution in [2.24, 2.45) is 4.99 Å². The highest BCUT2D eigenvalue weighted by Crippen LogP contribution is 2.31. The first-order valence-corrected chi connectivity index (χ1v) is 4.81. The van der Waals surface area contributed by atoms with Crippen LogP contribution >= 0.6 is 34.8 Å². The second-order valence-electron chi connectivity index (χ2n) is 2.62. The number of alkyl halides is 3. The van der Waals surface area contributed by atoms with Crippen molar-refractivity contribution in [3.8, 4) is 0 Å². The third-order valence-electron chi connectivity index (χ3n) is 1.43. The number of benzene rings is 1. The van der Waals surface area contributed by atoms with E-state index in [1.165, 1.54) is 0 Å². The first-order chi connectivity index (χ1) is 7.21. The van der Waals surface area contributed by atoms with Crippen molar-refractivity contribution >= 4 is 45.7 Å². The fourth-order valence-electron chi connectivity index (χ4n) is 0.783. The molecule has 0 aliphatic rings. The van der Waals surface area contributed by atoms with Gasteiger partial charge in [-0.05, 0) is 12.1 Å². The molecule has 0 bridgehead atoms. The molecular formula is C8H2Cl3F4N. The van der Waals surface area contributed by atoms with E-state index in [9.17, 15) is 17.6 Å². The van der Waals surface area contributed by atoms with Gasteiger partial charge in [0.1, 0.15) is 0 Å². The van der Waals surface area contributed by atoms with Crippen molar-refractivity contribution in [1.29, 1.82) is 0 Å². The van der Waals surface area contributed by atoms with Crippen LogP contribution in [0.25, 0.3) is 0 Å². The number of hydrogen-bond donors (Lipinski definition) is 0. The Hall–Kier alpha value is -0.520. The molecule has 1 nitrogen and oxygen atoms in total. The quantitative estimate of drug-likeness (QED) is 0.394. The molecule has 0 radical (unpaired) electrons. The number of nitrogens with zero attached hydrogens (tertiary/aromatic N) is 1. The lowest BCUT2D eigenvalue weighted by atomic mass is 10.3. The average molecular weight is 294 g/mol. The van der Waals surface area contributed by atoms with Gasteiger partial charge in [0.05, 0.1) is 15.7 Å². The first-order valence-electron chi connectivity index (χ1n) is 3.67. The molecule has 1 aromatic rings. The van der Waals surface area contributed by atoms with Crippen molar-refractivity contribution in [2.45, 2.75) is 6.18 Å². The van der Waals surface area contributed by atoms with Gasteiger partial charge in [-0.3, -0.25) is 0 Å². The van der Waals surface area contributed by atoms with Gasteiger partial charge in [-0.2, -0.15) is 13.2 Å². The molecule has 8 heteroatoms. The van der Waals surface area contributed by atoms with Crippen LogP contribution < -0.4 is 0 Å². The lowest BCUT2D eigenvalue weighted by Gasteiger charge is -2.04. The summed E-state index contributed by atoms with van der Waals surface area (Å²) >= 11 is 15.6. The normalized spacial score (nSPS) is 13.1. The zero-order chi connectivity index (χ0) is 12.5. The molecule has 0 aromatic heterocycles. The van der Waals surface area contributed by atoms with Gasteiger partial charge in [0.15, 0.2) is 5.82 Å². The summed E-state index contributed by atoms with van der Waals surface area (Å²) in [5.41, 5.74) is -0.279. The fraction of sp³-hybridized carbons (Fsp3) is 0.125. The van der Waals surface area contributed by atoms with E-state index in [-0.39, 0.29) is 5.69 Å². The minimum atomic E-state index is -4.77. The third kappa shape index (κ3) is 3.23. The molecule has 0 unspecified atom stereocenters. The molecule has 0 aliphatic carbocycles. The van der Waals surface area contributed by atoms with Crippen molar-refractivity contribution < 1.29 is 17.6 Å². The summed E-state index contributed by atoms with van der Waals surface area (Å²) in [6.07, 6.45) is -4.77. The van der Waals surface area contributed by atoms with Crippen LogP contribution in [0, 0.1) is 5.82 Å². The van der Waals surface area contributed by atoms with E-state index in [2.05, 4.69) is 4.99 Å². The van der Waals surface area contributed by atoms with Crippen LogP contribution in [0.1, 0.15) is 0 Å². The Labute approximate surface area is 103 Å². The van der Waals surface area contributed by atoms with Crippen LogP contribution in [0.3, 0.4) is 0 Å². The minimum Gasteiger partial charge on any atom is -0.232 e. The summed E-state index contributed by atoms with van der Waals surface area (Å²) in [7, 11) is 0. The lowest BCUT2D eigenvalue weighted by molar-refractivity contribution is -0.0558. The van der Waals surface area contributed by atoms with Gasteiger partial charge in [0, 0.05) is 0 Å². The van der Waals surface area contributed by atoms with Gasteiger partial charge in [-0.15, -0.1) is 0 Å². The third-order valence-corrected chi connectivity index (χ3v) is 2.28. The minimum absolute atomic E-state index is 0.279. The van der Waals surface area contributed by atoms with E-state index >= 15 is 0 Å². The van der Waals surface area contributed by atoms with Crippen LogP contribution in [0.2, 0.25) is 10.0 Å². The number of aliphatic imine (C=N–C) groups is 1. The van der Waals surface area contributed by atoms with Crippen molar-refractivity contribution in [3.05, 3.63) is 28.0 Å². The van der Waals surface area contributed by atoms with Gasteiger partial charge in [-0.25, -0.2) is 9.38 Å². The van der Waals surface area contributed by atoms with Crippen LogP contribution in [0.5, 0.6) is 0 Å². The summed E-state index contributed by atoms with van der Waals surface area (Å²) in [4.78, 5) is 3.01. The number of hydrogen-bond acceptors (Lipinski definition) is 1. The van der Waals surface area contributed by atoms with Gasteiger partial charge in [0.2, 0.25) is 5.17 Å². The van der Waals surface area contributed by atoms with Gasteiger partial charge >= 0.3 is 6.18 Å². The van der Waals surface area contributed by atoms with E-state index in [1.807, 2.05) is 0 Å². The molecule has 0 N–H and O–H groups in total. The molecule has 0 spiro atoms. The van der Waals surface area contributed by atoms with Gasteiger partial charge in [-0.1, -0.05) is 34.8 Å². The fourth-order valence-corrected chi connectivity index (χ4v) is 1.36. The van der Waals surface area contributed by atoms with Gasteiger partial charge < -0.3 is 0 Å². The maximum atomic E-state index is 12.9. The van der Waals surface area contributed by atoms with Crippen molar-refractivity contribution in [2.75, 3.05) is 0 Å². The largest absolute Gasteiger partial charge is 0.444 e. The van der Waals surface area contributed by atoms with E-state index in [4.69, 9.17) is 34.8 Å². The predicted molar refractivity (Wildman–Crippen MR) is 55.4 cm³/mol. The van der Waals surface area contributed by atoms with Crippen LogP contribution in [-0.4, -0.2) is 11.3 Å². The second-order valence-corrected chi connectivity index (χ2v) is 3.80. The molecule has 0 fully saturated rings. The number of rotatable bonds is 1. The maximum absolute atomic E-state index is 12.9. The molecule has 0 saturated carbocycles. The summed E-state index contributed by atoms with van der Waals surface area (Å²) in [6, 6.07) is 1.77. The zero-order valence-electron chi connectivity index (χ0n) is 7.25. The molecule has 0 amide bonds. The van der Waals surface area contributed by atoms with E-state index < -0.39 is 27.2 Å². The SMILES string of the molecule is Fc1c(Cl)cc(N=C(Cl)C(F)(F)F)cc1Cl. The molecule has 1 rings (SSSR count). The topological polar surface area (TPSA) is 12.4 Å². The van der Waals surface area contributed by atoms with Crippen LogP contribution in [0.4, 0.5) is 23.2 Å². The smallest absolute Gasteiger partial charge is 0.232 e. The second kappa shape index (κ2) is 4.77. The standard InChI is InChI=1S/C8H2Cl3F4N/c9-4-1-3(2-5(10)6(4)12)16-7(11)8(13,14)15/h1-2H. The lowest BCUT2D eigenvalue weighted by Crippen LogP contribution is -2.16. The highest BCUT2D eigenvalue weighted by Gasteiger charge is 2.34. The average Bonchev–Trinajstić information content (AvgIpc) is 2.12. The Balaban J connectivity index is 3.17. The van der Waals surface area contributed by atoms with Crippen LogP contribution in [-0.2, 0) is 0 Å². The molecular weight excluding hydrogens is 292 g/mol. The molecule has 0 saturated heterocycles. The Bertz CT molecular complexity index is 418. The van der Waals surface area contributed by atoms with Gasteiger partial charge in [0.25, 0.3) is 0 Å². The Morgan fingerprint density at radius 2 is 1.56 bits per heavy atom. The molecule has 88 valence electrons. The Morgan fingerprint density at radius 3 is 1.94 bits per heavy atom. The summed E-state index contributed by atoms with van der Waals surface area (Å²) in [6.45, 7) is 0. The Kier molecular flexibility index (Phi) is 4.04. The van der Waals surface area contributed by atoms with Crippen molar-refractivity contribution in [1.82, 2.24) is 0 Å². The van der Waals surface area contributed by atoms with E-state index in [1.54, 1.807) is 0 Å². The molecule has 0 heterocycles. The summed E-state index contributed by atoms with van der Waals surface area (Å²) < 4.78 is 49.0. The van der Waals surface area contributed by atoms with Crippen LogP contribution in [0.15, 0.2) is 17.1 Å². The zero-order valence-corrected chi connectivity index (χ0v) is 9.52. The summed E-state index contributed by atoms with van der Waals surface area (Å²) in [5, 5.41) is -2.46. The highest BCUT2D eigenvalue weighted by atomic mass is 35.5. The molecule has 1 aromatic carbocycles. The summed E-state index contributed by atoms with van der Waals surface area (Å²) in [5.74, 6) is -0.926.